The number of halogens is 2. The Labute approximate surface area is 99.8 Å². The second-order valence-corrected chi connectivity index (χ2v) is 4.10. The molecule has 0 radical (unpaired) electrons. The van der Waals surface area contributed by atoms with Gasteiger partial charge in [-0.1, -0.05) is 19.1 Å². The monoisotopic (exact) mass is 243 g/mol. The van der Waals surface area contributed by atoms with E-state index in [9.17, 15) is 9.18 Å². The summed E-state index contributed by atoms with van der Waals surface area (Å²) in [5.74, 6) is -0.627. The fourth-order valence-electron chi connectivity index (χ4n) is 1.26. The van der Waals surface area contributed by atoms with Gasteiger partial charge in [-0.05, 0) is 30.5 Å². The van der Waals surface area contributed by atoms with Crippen LogP contribution in [0.4, 0.5) is 4.39 Å². The number of benzene rings is 1. The third-order valence-electron chi connectivity index (χ3n) is 2.27. The number of nitrogens with one attached hydrogen (secondary N) is 1. The molecule has 1 unspecified atom stereocenters. The fraction of sp³-hybridized carbons (Fsp3) is 0.417. The van der Waals surface area contributed by atoms with E-state index in [-0.39, 0.29) is 11.7 Å². The summed E-state index contributed by atoms with van der Waals surface area (Å²) >= 11 is 5.94. The van der Waals surface area contributed by atoms with Crippen LogP contribution < -0.4 is 5.32 Å². The van der Waals surface area contributed by atoms with E-state index in [0.717, 1.165) is 6.42 Å². The third-order valence-corrected chi connectivity index (χ3v) is 2.72. The van der Waals surface area contributed by atoms with Gasteiger partial charge in [-0.2, -0.15) is 0 Å². The fourth-order valence-corrected chi connectivity index (χ4v) is 1.47. The maximum absolute atomic E-state index is 13.3. The predicted molar refractivity (Wildman–Crippen MR) is 63.0 cm³/mol. The van der Waals surface area contributed by atoms with E-state index in [1.807, 2.05) is 6.92 Å². The minimum Gasteiger partial charge on any atom is -0.355 e. The summed E-state index contributed by atoms with van der Waals surface area (Å²) in [4.78, 5) is 11.5. The second-order valence-electron chi connectivity index (χ2n) is 3.66. The van der Waals surface area contributed by atoms with Crippen molar-refractivity contribution in [3.05, 3.63) is 35.1 Å². The number of amides is 1. The Bertz CT molecular complexity index is 381. The molecule has 0 aliphatic rings. The van der Waals surface area contributed by atoms with Crippen LogP contribution in [0.1, 0.15) is 29.8 Å². The molecule has 1 aromatic rings. The van der Waals surface area contributed by atoms with Crippen molar-refractivity contribution < 1.29 is 9.18 Å². The Hall–Kier alpha value is -1.09. The highest BCUT2D eigenvalue weighted by molar-refractivity contribution is 6.30. The number of carbonyl (C=O) groups is 1. The molecule has 0 aliphatic carbocycles. The summed E-state index contributed by atoms with van der Waals surface area (Å²) in [7, 11) is 0. The van der Waals surface area contributed by atoms with E-state index in [1.165, 1.54) is 6.07 Å². The van der Waals surface area contributed by atoms with Crippen molar-refractivity contribution in [2.75, 3.05) is 6.54 Å². The van der Waals surface area contributed by atoms with Crippen molar-refractivity contribution in [2.24, 2.45) is 0 Å². The number of rotatable bonds is 4. The standard InChI is InChI=1S/C12H15ClFNO/c1-3-6-15-12(16)11(13)9-5-4-8(2)10(14)7-9/h4-5,7,11H,3,6H2,1-2H3,(H,15,16). The molecule has 88 valence electrons. The molecule has 1 rings (SSSR count). The average Bonchev–Trinajstić information content (AvgIpc) is 2.28. The van der Waals surface area contributed by atoms with Crippen LogP contribution in [0.2, 0.25) is 0 Å². The van der Waals surface area contributed by atoms with Gasteiger partial charge < -0.3 is 5.32 Å². The summed E-state index contributed by atoms with van der Waals surface area (Å²) in [6.07, 6.45) is 0.845. The van der Waals surface area contributed by atoms with Crippen molar-refractivity contribution in [1.29, 1.82) is 0 Å². The van der Waals surface area contributed by atoms with Crippen LogP contribution in [-0.4, -0.2) is 12.5 Å². The van der Waals surface area contributed by atoms with Gasteiger partial charge in [0.15, 0.2) is 0 Å². The summed E-state index contributed by atoms with van der Waals surface area (Å²) in [6.45, 7) is 4.20. The smallest absolute Gasteiger partial charge is 0.242 e. The topological polar surface area (TPSA) is 29.1 Å². The first-order valence-corrected chi connectivity index (χ1v) is 5.67. The van der Waals surface area contributed by atoms with E-state index in [4.69, 9.17) is 11.6 Å². The highest BCUT2D eigenvalue weighted by atomic mass is 35.5. The minimum atomic E-state index is -0.832. The molecule has 1 atom stereocenters. The van der Waals surface area contributed by atoms with Gasteiger partial charge in [-0.25, -0.2) is 4.39 Å². The summed E-state index contributed by atoms with van der Waals surface area (Å²) in [5, 5.41) is 1.84. The van der Waals surface area contributed by atoms with Crippen LogP contribution >= 0.6 is 11.6 Å². The van der Waals surface area contributed by atoms with Crippen molar-refractivity contribution >= 4 is 17.5 Å². The maximum Gasteiger partial charge on any atom is 0.242 e. The van der Waals surface area contributed by atoms with Crippen molar-refractivity contribution in [1.82, 2.24) is 5.32 Å². The number of hydrogen-bond acceptors (Lipinski definition) is 1. The molecular formula is C12H15ClFNO. The van der Waals surface area contributed by atoms with E-state index in [1.54, 1.807) is 19.1 Å². The largest absolute Gasteiger partial charge is 0.355 e. The van der Waals surface area contributed by atoms with Crippen LogP contribution in [0.3, 0.4) is 0 Å². The first-order chi connectivity index (χ1) is 7.56. The molecule has 0 saturated carbocycles. The molecular weight excluding hydrogens is 229 g/mol. The van der Waals surface area contributed by atoms with E-state index in [0.29, 0.717) is 17.7 Å². The predicted octanol–water partition coefficient (Wildman–Crippen LogP) is 2.94. The molecule has 0 aromatic heterocycles. The molecule has 0 spiro atoms. The molecule has 1 aromatic carbocycles. The lowest BCUT2D eigenvalue weighted by Crippen LogP contribution is -2.27. The first-order valence-electron chi connectivity index (χ1n) is 5.24. The molecule has 1 amide bonds. The Morgan fingerprint density at radius 1 is 1.56 bits per heavy atom. The maximum atomic E-state index is 13.3. The second kappa shape index (κ2) is 5.85. The lowest BCUT2D eigenvalue weighted by atomic mass is 10.1. The molecule has 1 N–H and O–H groups in total. The van der Waals surface area contributed by atoms with Gasteiger partial charge in [0.1, 0.15) is 11.2 Å². The van der Waals surface area contributed by atoms with Crippen molar-refractivity contribution in [2.45, 2.75) is 25.6 Å². The normalized spacial score (nSPS) is 12.2. The van der Waals surface area contributed by atoms with Gasteiger partial charge in [0.05, 0.1) is 0 Å². The quantitative estimate of drug-likeness (QED) is 0.810. The molecule has 16 heavy (non-hydrogen) atoms. The van der Waals surface area contributed by atoms with Crippen molar-refractivity contribution in [3.63, 3.8) is 0 Å². The summed E-state index contributed by atoms with van der Waals surface area (Å²) in [5.41, 5.74) is 1.03. The van der Waals surface area contributed by atoms with Gasteiger partial charge in [-0.15, -0.1) is 11.6 Å². The highest BCUT2D eigenvalue weighted by Crippen LogP contribution is 2.22. The summed E-state index contributed by atoms with van der Waals surface area (Å²) < 4.78 is 13.3. The Balaban J connectivity index is 2.75. The van der Waals surface area contributed by atoms with Crippen LogP contribution in [0.25, 0.3) is 0 Å². The van der Waals surface area contributed by atoms with Gasteiger partial charge >= 0.3 is 0 Å². The first kappa shape index (κ1) is 13.0. The molecule has 2 nitrogen and oxygen atoms in total. The third kappa shape index (κ3) is 3.20. The van der Waals surface area contributed by atoms with Crippen LogP contribution in [0.15, 0.2) is 18.2 Å². The number of alkyl halides is 1. The highest BCUT2D eigenvalue weighted by Gasteiger charge is 2.17. The lowest BCUT2D eigenvalue weighted by Gasteiger charge is -2.10. The van der Waals surface area contributed by atoms with E-state index < -0.39 is 5.38 Å². The van der Waals surface area contributed by atoms with E-state index >= 15 is 0 Å². The summed E-state index contributed by atoms with van der Waals surface area (Å²) in [6, 6.07) is 4.59. The zero-order valence-electron chi connectivity index (χ0n) is 9.39. The molecule has 0 heterocycles. The van der Waals surface area contributed by atoms with Crippen LogP contribution in [0, 0.1) is 12.7 Å². The van der Waals surface area contributed by atoms with Crippen LogP contribution in [-0.2, 0) is 4.79 Å². The lowest BCUT2D eigenvalue weighted by molar-refractivity contribution is -0.120. The Morgan fingerprint density at radius 3 is 2.81 bits per heavy atom. The minimum absolute atomic E-state index is 0.285. The molecule has 0 aliphatic heterocycles. The van der Waals surface area contributed by atoms with Crippen LogP contribution in [0.5, 0.6) is 0 Å². The molecule has 0 saturated heterocycles. The SMILES string of the molecule is CCCNC(=O)C(Cl)c1ccc(C)c(F)c1. The molecule has 4 heteroatoms. The van der Waals surface area contributed by atoms with Gasteiger partial charge in [0.25, 0.3) is 0 Å². The molecule has 0 fully saturated rings. The molecule has 0 bridgehead atoms. The average molecular weight is 244 g/mol. The van der Waals surface area contributed by atoms with E-state index in [2.05, 4.69) is 5.32 Å². The number of aryl methyl sites for hydroxylation is 1. The van der Waals surface area contributed by atoms with Gasteiger partial charge in [0, 0.05) is 6.54 Å². The zero-order chi connectivity index (χ0) is 12.1. The Morgan fingerprint density at radius 2 is 2.25 bits per heavy atom. The number of hydrogen-bond donors (Lipinski definition) is 1. The van der Waals surface area contributed by atoms with Crippen molar-refractivity contribution in [3.8, 4) is 0 Å². The zero-order valence-corrected chi connectivity index (χ0v) is 10.1. The van der Waals surface area contributed by atoms with Gasteiger partial charge in [0.2, 0.25) is 5.91 Å². The Kier molecular flexibility index (Phi) is 4.74. The number of carbonyl (C=O) groups excluding carboxylic acids is 1. The van der Waals surface area contributed by atoms with Gasteiger partial charge in [-0.3, -0.25) is 4.79 Å².